The number of hydrogen-bond donors (Lipinski definition) is 0. The first-order chi connectivity index (χ1) is 8.93. The van der Waals surface area contributed by atoms with Gasteiger partial charge in [-0.1, -0.05) is 17.7 Å². The zero-order chi connectivity index (χ0) is 14.2. The van der Waals surface area contributed by atoms with Gasteiger partial charge >= 0.3 is 0 Å². The fraction of sp³-hybridized carbons (Fsp3) is 0.385. The smallest absolute Gasteiger partial charge is 0.259 e. The minimum atomic E-state index is -0.670. The highest BCUT2D eigenvalue weighted by Crippen LogP contribution is 2.23. The molecule has 0 radical (unpaired) electrons. The summed E-state index contributed by atoms with van der Waals surface area (Å²) in [6, 6.07) is 3.47. The minimum absolute atomic E-state index is 0.0589. The highest BCUT2D eigenvalue weighted by Gasteiger charge is 2.34. The number of halogens is 2. The Hall–Kier alpha value is -1.62. The maximum atomic E-state index is 13.7. The van der Waals surface area contributed by atoms with E-state index >= 15 is 0 Å². The van der Waals surface area contributed by atoms with Gasteiger partial charge in [0.1, 0.15) is 11.9 Å². The Morgan fingerprint density at radius 1 is 1.42 bits per heavy atom. The van der Waals surface area contributed by atoms with Crippen LogP contribution in [0.2, 0.25) is 5.02 Å². The van der Waals surface area contributed by atoms with Crippen molar-refractivity contribution in [3.05, 3.63) is 34.6 Å². The summed E-state index contributed by atoms with van der Waals surface area (Å²) in [4.78, 5) is 27.1. The molecule has 2 amide bonds. The predicted octanol–water partition coefficient (Wildman–Crippen LogP) is 1.78. The molecule has 2 rings (SSSR count). The third-order valence-corrected chi connectivity index (χ3v) is 3.63. The molecule has 1 unspecified atom stereocenters. The molecule has 1 aliphatic rings. The monoisotopic (exact) mass is 284 g/mol. The van der Waals surface area contributed by atoms with Crippen LogP contribution in [-0.2, 0) is 4.79 Å². The van der Waals surface area contributed by atoms with E-state index in [1.165, 1.54) is 23.1 Å². The summed E-state index contributed by atoms with van der Waals surface area (Å²) in [7, 11) is 1.68. The normalized spacial score (nSPS) is 19.8. The van der Waals surface area contributed by atoms with E-state index in [4.69, 9.17) is 11.6 Å². The lowest BCUT2D eigenvalue weighted by atomic mass is 10.1. The summed E-state index contributed by atoms with van der Waals surface area (Å²) in [6.07, 6.45) is 0. The van der Waals surface area contributed by atoms with Gasteiger partial charge in [-0.05, 0) is 19.1 Å². The second kappa shape index (κ2) is 5.17. The maximum Gasteiger partial charge on any atom is 0.259 e. The van der Waals surface area contributed by atoms with E-state index in [1.54, 1.807) is 18.9 Å². The molecule has 0 saturated carbocycles. The second-order valence-corrected chi connectivity index (χ2v) is 4.94. The Morgan fingerprint density at radius 2 is 2.11 bits per heavy atom. The number of likely N-dealkylation sites (N-methyl/N-ethyl adjacent to an activating group) is 1. The van der Waals surface area contributed by atoms with Crippen LogP contribution in [0.25, 0.3) is 0 Å². The van der Waals surface area contributed by atoms with Crippen molar-refractivity contribution in [2.24, 2.45) is 0 Å². The summed E-state index contributed by atoms with van der Waals surface area (Å²) in [5.41, 5.74) is -0.173. The maximum absolute atomic E-state index is 13.7. The molecule has 1 heterocycles. The Morgan fingerprint density at radius 3 is 2.74 bits per heavy atom. The van der Waals surface area contributed by atoms with Gasteiger partial charge in [-0.25, -0.2) is 4.39 Å². The van der Waals surface area contributed by atoms with Crippen molar-refractivity contribution in [2.45, 2.75) is 13.0 Å². The first-order valence-electron chi connectivity index (χ1n) is 5.93. The molecule has 6 heteroatoms. The van der Waals surface area contributed by atoms with Crippen molar-refractivity contribution in [2.75, 3.05) is 20.1 Å². The van der Waals surface area contributed by atoms with Crippen LogP contribution in [0.1, 0.15) is 17.3 Å². The lowest BCUT2D eigenvalue weighted by molar-refractivity contribution is -0.137. The van der Waals surface area contributed by atoms with Crippen LogP contribution in [0.3, 0.4) is 0 Å². The SMILES string of the molecule is CC1C(=O)N(C)CCN1C(=O)c1c(F)cccc1Cl. The predicted molar refractivity (Wildman–Crippen MR) is 69.5 cm³/mol. The second-order valence-electron chi connectivity index (χ2n) is 4.53. The van der Waals surface area contributed by atoms with Gasteiger partial charge in [-0.2, -0.15) is 0 Å². The van der Waals surface area contributed by atoms with E-state index in [1.807, 2.05) is 0 Å². The van der Waals surface area contributed by atoms with Crippen molar-refractivity contribution < 1.29 is 14.0 Å². The van der Waals surface area contributed by atoms with Crippen molar-refractivity contribution in [1.82, 2.24) is 9.80 Å². The average molecular weight is 285 g/mol. The van der Waals surface area contributed by atoms with Gasteiger partial charge in [-0.3, -0.25) is 9.59 Å². The highest BCUT2D eigenvalue weighted by atomic mass is 35.5. The van der Waals surface area contributed by atoms with E-state index in [9.17, 15) is 14.0 Å². The molecule has 1 aliphatic heterocycles. The van der Waals surface area contributed by atoms with Gasteiger partial charge < -0.3 is 9.80 Å². The van der Waals surface area contributed by atoms with E-state index in [0.717, 1.165) is 0 Å². The van der Waals surface area contributed by atoms with Crippen molar-refractivity contribution in [3.8, 4) is 0 Å². The summed E-state index contributed by atoms with van der Waals surface area (Å²) >= 11 is 5.87. The summed E-state index contributed by atoms with van der Waals surface area (Å²) in [5.74, 6) is -1.37. The van der Waals surface area contributed by atoms with Crippen molar-refractivity contribution in [3.63, 3.8) is 0 Å². The number of benzene rings is 1. The van der Waals surface area contributed by atoms with Gasteiger partial charge in [0, 0.05) is 20.1 Å². The molecule has 1 fully saturated rings. The number of piperazine rings is 1. The fourth-order valence-corrected chi connectivity index (χ4v) is 2.38. The van der Waals surface area contributed by atoms with Gasteiger partial charge in [0.05, 0.1) is 10.6 Å². The molecule has 0 N–H and O–H groups in total. The number of rotatable bonds is 1. The third-order valence-electron chi connectivity index (χ3n) is 3.31. The molecule has 102 valence electrons. The van der Waals surface area contributed by atoms with Crippen LogP contribution in [0.5, 0.6) is 0 Å². The molecular formula is C13H14ClFN2O2. The number of carbonyl (C=O) groups is 2. The van der Waals surface area contributed by atoms with E-state index in [-0.39, 0.29) is 16.5 Å². The van der Waals surface area contributed by atoms with Crippen LogP contribution in [-0.4, -0.2) is 47.8 Å². The Balaban J connectivity index is 2.32. The van der Waals surface area contributed by atoms with E-state index in [0.29, 0.717) is 13.1 Å². The van der Waals surface area contributed by atoms with Crippen LogP contribution < -0.4 is 0 Å². The van der Waals surface area contributed by atoms with Gasteiger partial charge in [0.2, 0.25) is 5.91 Å². The molecule has 0 spiro atoms. The van der Waals surface area contributed by atoms with Crippen LogP contribution >= 0.6 is 11.6 Å². The molecule has 1 aromatic carbocycles. The Kier molecular flexibility index (Phi) is 3.75. The average Bonchev–Trinajstić information content (AvgIpc) is 2.35. The summed E-state index contributed by atoms with van der Waals surface area (Å²) in [5, 5.41) is 0.0589. The fourth-order valence-electron chi connectivity index (χ4n) is 2.14. The molecule has 1 saturated heterocycles. The lowest BCUT2D eigenvalue weighted by Gasteiger charge is -2.37. The number of amides is 2. The lowest BCUT2D eigenvalue weighted by Crippen LogP contribution is -2.56. The van der Waals surface area contributed by atoms with Crippen LogP contribution in [0, 0.1) is 5.82 Å². The molecule has 19 heavy (non-hydrogen) atoms. The molecule has 0 aromatic heterocycles. The van der Waals surface area contributed by atoms with E-state index < -0.39 is 17.8 Å². The quantitative estimate of drug-likeness (QED) is 0.789. The minimum Gasteiger partial charge on any atom is -0.342 e. The number of hydrogen-bond acceptors (Lipinski definition) is 2. The van der Waals surface area contributed by atoms with E-state index in [2.05, 4.69) is 0 Å². The largest absolute Gasteiger partial charge is 0.342 e. The van der Waals surface area contributed by atoms with Gasteiger partial charge in [-0.15, -0.1) is 0 Å². The van der Waals surface area contributed by atoms with Gasteiger partial charge in [0.25, 0.3) is 5.91 Å². The molecule has 4 nitrogen and oxygen atoms in total. The Labute approximate surface area is 115 Å². The van der Waals surface area contributed by atoms with Crippen LogP contribution in [0.15, 0.2) is 18.2 Å². The topological polar surface area (TPSA) is 40.6 Å². The van der Waals surface area contributed by atoms with Crippen molar-refractivity contribution in [1.29, 1.82) is 0 Å². The number of carbonyl (C=O) groups excluding carboxylic acids is 2. The summed E-state index contributed by atoms with van der Waals surface area (Å²) in [6.45, 7) is 2.43. The first kappa shape index (κ1) is 13.8. The zero-order valence-electron chi connectivity index (χ0n) is 10.7. The van der Waals surface area contributed by atoms with Crippen LogP contribution in [0.4, 0.5) is 4.39 Å². The molecule has 0 bridgehead atoms. The number of nitrogens with zero attached hydrogens (tertiary/aromatic N) is 2. The van der Waals surface area contributed by atoms with Gasteiger partial charge in [0.15, 0.2) is 0 Å². The zero-order valence-corrected chi connectivity index (χ0v) is 11.4. The van der Waals surface area contributed by atoms with Crippen molar-refractivity contribution >= 4 is 23.4 Å². The Bertz CT molecular complexity index is 515. The first-order valence-corrected chi connectivity index (χ1v) is 6.31. The summed E-state index contributed by atoms with van der Waals surface area (Å²) < 4.78 is 13.7. The third kappa shape index (κ3) is 2.42. The highest BCUT2D eigenvalue weighted by molar-refractivity contribution is 6.33. The molecule has 1 aromatic rings. The molecule has 0 aliphatic carbocycles. The standard InChI is InChI=1S/C13H14ClFN2O2/c1-8-12(18)16(2)6-7-17(8)13(19)11-9(14)4-3-5-10(11)15/h3-5,8H,6-7H2,1-2H3. The molecular weight excluding hydrogens is 271 g/mol. The molecule has 1 atom stereocenters.